The Morgan fingerprint density at radius 2 is 2.12 bits per heavy atom. The van der Waals surface area contributed by atoms with Crippen LogP contribution >= 0.6 is 23.4 Å². The topological polar surface area (TPSA) is 64.7 Å². The van der Waals surface area contributed by atoms with Crippen molar-refractivity contribution < 1.29 is 0 Å². The number of hydrogen-bond donors (Lipinski definition) is 1. The number of nitrogens with two attached hydrogens (primary N) is 1. The van der Waals surface area contributed by atoms with Crippen LogP contribution < -0.4 is 5.73 Å². The van der Waals surface area contributed by atoms with Crippen LogP contribution in [-0.4, -0.2) is 15.2 Å². The largest absolute Gasteiger partial charge is 0.326 e. The van der Waals surface area contributed by atoms with Crippen LogP contribution in [0.5, 0.6) is 0 Å². The highest BCUT2D eigenvalue weighted by Gasteiger charge is 2.08. The minimum Gasteiger partial charge on any atom is -0.326 e. The van der Waals surface area contributed by atoms with E-state index in [1.54, 1.807) is 24.5 Å². The zero-order valence-electron chi connectivity index (χ0n) is 8.30. The molecular formula is C10H9ClN4S. The Kier molecular flexibility index (Phi) is 3.71. The summed E-state index contributed by atoms with van der Waals surface area (Å²) < 4.78 is 0. The van der Waals surface area contributed by atoms with Gasteiger partial charge < -0.3 is 5.73 Å². The molecule has 0 amide bonds. The summed E-state index contributed by atoms with van der Waals surface area (Å²) in [6, 6.07) is 5.41. The molecule has 0 aliphatic rings. The molecule has 0 aliphatic heterocycles. The second-order valence-electron chi connectivity index (χ2n) is 2.96. The maximum Gasteiger partial charge on any atom is 0.130 e. The Morgan fingerprint density at radius 1 is 1.25 bits per heavy atom. The molecule has 0 spiro atoms. The van der Waals surface area contributed by atoms with E-state index in [1.165, 1.54) is 11.8 Å². The summed E-state index contributed by atoms with van der Waals surface area (Å²) in [6.07, 6.45) is 3.30. The molecule has 6 heteroatoms. The van der Waals surface area contributed by atoms with Gasteiger partial charge in [-0.05, 0) is 30.0 Å². The highest BCUT2D eigenvalue weighted by molar-refractivity contribution is 7.99. The summed E-state index contributed by atoms with van der Waals surface area (Å²) in [5.74, 6) is 0. The first-order chi connectivity index (χ1) is 7.81. The van der Waals surface area contributed by atoms with E-state index >= 15 is 0 Å². The lowest BCUT2D eigenvalue weighted by molar-refractivity contribution is 0.865. The Hall–Kier alpha value is -1.17. The van der Waals surface area contributed by atoms with E-state index in [0.29, 0.717) is 16.6 Å². The van der Waals surface area contributed by atoms with Crippen molar-refractivity contribution in [3.8, 4) is 0 Å². The molecule has 0 saturated heterocycles. The number of aromatic nitrogens is 3. The molecule has 2 N–H and O–H groups in total. The van der Waals surface area contributed by atoms with Crippen molar-refractivity contribution in [3.05, 3.63) is 41.2 Å². The molecule has 16 heavy (non-hydrogen) atoms. The summed E-state index contributed by atoms with van der Waals surface area (Å²) >= 11 is 7.38. The lowest BCUT2D eigenvalue weighted by atomic mass is 10.3. The Balaban J connectivity index is 2.30. The molecule has 0 radical (unpaired) electrons. The van der Waals surface area contributed by atoms with Crippen LogP contribution in [0.3, 0.4) is 0 Å². The summed E-state index contributed by atoms with van der Waals surface area (Å²) in [5.41, 5.74) is 6.54. The fraction of sp³-hybridized carbons (Fsp3) is 0.100. The number of rotatable bonds is 3. The number of nitrogens with zero attached hydrogens (tertiary/aromatic N) is 3. The van der Waals surface area contributed by atoms with Gasteiger partial charge in [0.05, 0.1) is 5.02 Å². The second-order valence-corrected chi connectivity index (χ2v) is 4.34. The quantitative estimate of drug-likeness (QED) is 0.907. The predicted octanol–water partition coefficient (Wildman–Crippen LogP) is 2.13. The molecule has 4 nitrogen and oxygen atoms in total. The minimum absolute atomic E-state index is 0.419. The fourth-order valence-electron chi connectivity index (χ4n) is 1.12. The average Bonchev–Trinajstić information content (AvgIpc) is 2.33. The molecule has 2 heterocycles. The Labute approximate surface area is 102 Å². The monoisotopic (exact) mass is 252 g/mol. The van der Waals surface area contributed by atoms with Crippen molar-refractivity contribution in [1.29, 1.82) is 0 Å². The molecule has 0 unspecified atom stereocenters. The molecule has 2 aromatic heterocycles. The number of pyridine rings is 1. The van der Waals surface area contributed by atoms with Crippen LogP contribution in [-0.2, 0) is 6.54 Å². The van der Waals surface area contributed by atoms with Crippen molar-refractivity contribution in [1.82, 2.24) is 15.2 Å². The van der Waals surface area contributed by atoms with Crippen LogP contribution in [0, 0.1) is 0 Å². The highest BCUT2D eigenvalue weighted by Crippen LogP contribution is 2.31. The standard InChI is InChI=1S/C10H9ClN4S/c11-8-2-1-4-13-10(8)16-9-7(6-12)3-5-14-15-9/h1-5H,6,12H2. The van der Waals surface area contributed by atoms with Gasteiger partial charge in [0.1, 0.15) is 10.1 Å². The van der Waals surface area contributed by atoms with Gasteiger partial charge in [-0.25, -0.2) is 4.98 Å². The molecule has 0 fully saturated rings. The third-order valence-electron chi connectivity index (χ3n) is 1.90. The summed E-state index contributed by atoms with van der Waals surface area (Å²) in [7, 11) is 0. The Morgan fingerprint density at radius 3 is 2.88 bits per heavy atom. The van der Waals surface area contributed by atoms with Crippen LogP contribution in [0.2, 0.25) is 5.02 Å². The molecule has 0 saturated carbocycles. The molecule has 2 aromatic rings. The van der Waals surface area contributed by atoms with Gasteiger partial charge in [0.25, 0.3) is 0 Å². The maximum absolute atomic E-state index is 6.01. The fourth-order valence-corrected chi connectivity index (χ4v) is 2.19. The van der Waals surface area contributed by atoms with E-state index in [4.69, 9.17) is 17.3 Å². The van der Waals surface area contributed by atoms with Crippen molar-refractivity contribution in [2.24, 2.45) is 5.73 Å². The Bertz CT molecular complexity index is 492. The second kappa shape index (κ2) is 5.25. The van der Waals surface area contributed by atoms with Gasteiger partial charge in [-0.2, -0.15) is 5.10 Å². The van der Waals surface area contributed by atoms with E-state index in [0.717, 1.165) is 10.6 Å². The summed E-state index contributed by atoms with van der Waals surface area (Å²) in [5, 5.41) is 9.89. The van der Waals surface area contributed by atoms with Crippen molar-refractivity contribution in [3.63, 3.8) is 0 Å². The van der Waals surface area contributed by atoms with Crippen LogP contribution in [0.1, 0.15) is 5.56 Å². The van der Waals surface area contributed by atoms with Gasteiger partial charge in [-0.15, -0.1) is 5.10 Å². The molecule has 82 valence electrons. The first kappa shape index (κ1) is 11.3. The van der Waals surface area contributed by atoms with Gasteiger partial charge in [-0.3, -0.25) is 0 Å². The molecular weight excluding hydrogens is 244 g/mol. The molecule has 0 atom stereocenters. The van der Waals surface area contributed by atoms with Crippen LogP contribution in [0.15, 0.2) is 40.6 Å². The SMILES string of the molecule is NCc1ccnnc1Sc1ncccc1Cl. The van der Waals surface area contributed by atoms with Crippen molar-refractivity contribution >= 4 is 23.4 Å². The molecule has 0 aliphatic carbocycles. The van der Waals surface area contributed by atoms with Crippen molar-refractivity contribution in [2.45, 2.75) is 16.6 Å². The molecule has 2 rings (SSSR count). The van der Waals surface area contributed by atoms with E-state index in [9.17, 15) is 0 Å². The normalized spacial score (nSPS) is 10.4. The van der Waals surface area contributed by atoms with Gasteiger partial charge >= 0.3 is 0 Å². The number of halogens is 1. The third-order valence-corrected chi connectivity index (χ3v) is 3.38. The first-order valence-electron chi connectivity index (χ1n) is 4.60. The zero-order valence-corrected chi connectivity index (χ0v) is 9.87. The van der Waals surface area contributed by atoms with E-state index in [-0.39, 0.29) is 0 Å². The molecule has 0 bridgehead atoms. The van der Waals surface area contributed by atoms with Crippen molar-refractivity contribution in [2.75, 3.05) is 0 Å². The highest BCUT2D eigenvalue weighted by atomic mass is 35.5. The third kappa shape index (κ3) is 2.49. The predicted molar refractivity (Wildman–Crippen MR) is 63.3 cm³/mol. The smallest absolute Gasteiger partial charge is 0.130 e. The first-order valence-corrected chi connectivity index (χ1v) is 5.79. The summed E-state index contributed by atoms with van der Waals surface area (Å²) in [4.78, 5) is 4.17. The summed E-state index contributed by atoms with van der Waals surface area (Å²) in [6.45, 7) is 0.419. The average molecular weight is 253 g/mol. The van der Waals surface area contributed by atoms with E-state index in [2.05, 4.69) is 15.2 Å². The lowest BCUT2D eigenvalue weighted by Crippen LogP contribution is -2.01. The van der Waals surface area contributed by atoms with Gasteiger partial charge in [-0.1, -0.05) is 11.6 Å². The molecule has 0 aromatic carbocycles. The number of hydrogen-bond acceptors (Lipinski definition) is 5. The van der Waals surface area contributed by atoms with E-state index in [1.807, 2.05) is 6.07 Å². The van der Waals surface area contributed by atoms with Gasteiger partial charge in [0.15, 0.2) is 0 Å². The lowest BCUT2D eigenvalue weighted by Gasteiger charge is -2.04. The zero-order chi connectivity index (χ0) is 11.4. The maximum atomic E-state index is 6.01. The van der Waals surface area contributed by atoms with Gasteiger partial charge in [0.2, 0.25) is 0 Å². The van der Waals surface area contributed by atoms with Crippen LogP contribution in [0.4, 0.5) is 0 Å². The minimum atomic E-state index is 0.419. The van der Waals surface area contributed by atoms with Crippen LogP contribution in [0.25, 0.3) is 0 Å². The van der Waals surface area contributed by atoms with Gasteiger partial charge in [0, 0.05) is 24.5 Å². The van der Waals surface area contributed by atoms with E-state index < -0.39 is 0 Å².